The van der Waals surface area contributed by atoms with E-state index in [1.165, 1.54) is 38.5 Å². The van der Waals surface area contributed by atoms with Gasteiger partial charge in [-0.05, 0) is 29.9 Å². The van der Waals surface area contributed by atoms with Gasteiger partial charge < -0.3 is 11.1 Å². The molecule has 110 valence electrons. The van der Waals surface area contributed by atoms with Gasteiger partial charge in [-0.2, -0.15) is 0 Å². The highest BCUT2D eigenvalue weighted by Gasteiger charge is 2.15. The van der Waals surface area contributed by atoms with Gasteiger partial charge in [0, 0.05) is 19.5 Å². The summed E-state index contributed by atoms with van der Waals surface area (Å²) in [6.07, 6.45) is 8.36. The number of hydrogen-bond acceptors (Lipinski definition) is 2. The molecule has 1 aromatic rings. The van der Waals surface area contributed by atoms with Crippen LogP contribution in [0.15, 0.2) is 24.3 Å². The third kappa shape index (κ3) is 4.64. The number of hydrogen-bond donors (Lipinski definition) is 2. The van der Waals surface area contributed by atoms with Crippen molar-refractivity contribution < 1.29 is 4.79 Å². The van der Waals surface area contributed by atoms with Crippen LogP contribution in [-0.2, 0) is 17.9 Å². The van der Waals surface area contributed by atoms with Gasteiger partial charge in [-0.25, -0.2) is 0 Å². The Balaban J connectivity index is 1.79. The lowest BCUT2D eigenvalue weighted by atomic mass is 9.96. The van der Waals surface area contributed by atoms with Gasteiger partial charge in [0.05, 0.1) is 0 Å². The molecule has 2 rings (SSSR count). The molecule has 0 aliphatic heterocycles. The van der Waals surface area contributed by atoms with Crippen LogP contribution in [0.2, 0.25) is 0 Å². The van der Waals surface area contributed by atoms with Crippen molar-refractivity contribution in [2.45, 2.75) is 58.0 Å². The van der Waals surface area contributed by atoms with Crippen molar-refractivity contribution in [1.82, 2.24) is 5.32 Å². The highest BCUT2D eigenvalue weighted by Crippen LogP contribution is 2.25. The summed E-state index contributed by atoms with van der Waals surface area (Å²) < 4.78 is 0. The molecule has 1 amide bonds. The van der Waals surface area contributed by atoms with Crippen LogP contribution in [0, 0.1) is 5.92 Å². The van der Waals surface area contributed by atoms with E-state index in [0.717, 1.165) is 11.1 Å². The normalized spacial score (nSPS) is 16.6. The fourth-order valence-corrected chi connectivity index (χ4v) is 3.03. The van der Waals surface area contributed by atoms with Gasteiger partial charge in [-0.3, -0.25) is 4.79 Å². The van der Waals surface area contributed by atoms with E-state index in [2.05, 4.69) is 5.32 Å². The van der Waals surface area contributed by atoms with Gasteiger partial charge in [0.1, 0.15) is 0 Å². The van der Waals surface area contributed by atoms with Gasteiger partial charge >= 0.3 is 0 Å². The zero-order valence-electron chi connectivity index (χ0n) is 12.2. The summed E-state index contributed by atoms with van der Waals surface area (Å²) in [6.45, 7) is 1.12. The SMILES string of the molecule is NCc1ccccc1CNC(=O)CC1CCCCCC1. The van der Waals surface area contributed by atoms with Gasteiger partial charge in [0.25, 0.3) is 0 Å². The molecule has 0 saturated heterocycles. The molecule has 0 radical (unpaired) electrons. The number of amides is 1. The molecule has 0 bridgehead atoms. The highest BCUT2D eigenvalue weighted by molar-refractivity contribution is 5.76. The Morgan fingerprint density at radius 2 is 1.75 bits per heavy atom. The second kappa shape index (κ2) is 8.05. The summed E-state index contributed by atoms with van der Waals surface area (Å²) in [5.74, 6) is 0.769. The van der Waals surface area contributed by atoms with Gasteiger partial charge in [-0.15, -0.1) is 0 Å². The van der Waals surface area contributed by atoms with Crippen LogP contribution in [-0.4, -0.2) is 5.91 Å². The minimum atomic E-state index is 0.184. The summed E-state index contributed by atoms with van der Waals surface area (Å²) in [6, 6.07) is 8.03. The Bertz CT molecular complexity index is 423. The predicted molar refractivity (Wildman–Crippen MR) is 82.0 cm³/mol. The van der Waals surface area contributed by atoms with Crippen LogP contribution in [0.3, 0.4) is 0 Å². The maximum absolute atomic E-state index is 12.1. The second-order valence-corrected chi connectivity index (χ2v) is 5.81. The summed E-state index contributed by atoms with van der Waals surface area (Å²) in [5, 5.41) is 3.05. The van der Waals surface area contributed by atoms with E-state index in [-0.39, 0.29) is 5.91 Å². The molecule has 0 heterocycles. The maximum atomic E-state index is 12.1. The Morgan fingerprint density at radius 1 is 1.10 bits per heavy atom. The van der Waals surface area contributed by atoms with Crippen molar-refractivity contribution >= 4 is 5.91 Å². The lowest BCUT2D eigenvalue weighted by molar-refractivity contribution is -0.122. The molecule has 3 heteroatoms. The summed E-state index contributed by atoms with van der Waals surface area (Å²) >= 11 is 0. The Kier molecular flexibility index (Phi) is 6.06. The van der Waals surface area contributed by atoms with Crippen LogP contribution >= 0.6 is 0 Å². The smallest absolute Gasteiger partial charge is 0.220 e. The van der Waals surface area contributed by atoms with Gasteiger partial charge in [0.2, 0.25) is 5.91 Å². The third-order valence-electron chi connectivity index (χ3n) is 4.26. The predicted octanol–water partition coefficient (Wildman–Crippen LogP) is 3.12. The number of carbonyl (C=O) groups is 1. The van der Waals surface area contributed by atoms with Crippen molar-refractivity contribution in [3.63, 3.8) is 0 Å². The molecule has 1 aliphatic carbocycles. The van der Waals surface area contributed by atoms with E-state index in [0.29, 0.717) is 25.4 Å². The molecular formula is C17H26N2O. The number of nitrogens with two attached hydrogens (primary N) is 1. The topological polar surface area (TPSA) is 55.1 Å². The Hall–Kier alpha value is -1.35. The van der Waals surface area contributed by atoms with Crippen LogP contribution in [0.5, 0.6) is 0 Å². The number of benzene rings is 1. The van der Waals surface area contributed by atoms with Crippen molar-refractivity contribution in [3.8, 4) is 0 Å². The highest BCUT2D eigenvalue weighted by atomic mass is 16.1. The molecule has 1 saturated carbocycles. The lowest BCUT2D eigenvalue weighted by Gasteiger charge is -2.14. The van der Waals surface area contributed by atoms with Crippen LogP contribution < -0.4 is 11.1 Å². The van der Waals surface area contributed by atoms with Crippen LogP contribution in [0.25, 0.3) is 0 Å². The summed E-state index contributed by atoms with van der Waals surface area (Å²) in [4.78, 5) is 12.1. The number of rotatable bonds is 5. The van der Waals surface area contributed by atoms with Crippen molar-refractivity contribution in [2.24, 2.45) is 11.7 Å². The first-order valence-corrected chi connectivity index (χ1v) is 7.83. The number of nitrogens with one attached hydrogen (secondary N) is 1. The fourth-order valence-electron chi connectivity index (χ4n) is 3.03. The first kappa shape index (κ1) is 15.0. The molecule has 3 nitrogen and oxygen atoms in total. The standard InChI is InChI=1S/C17H26N2O/c18-12-15-9-5-6-10-16(15)13-19-17(20)11-14-7-3-1-2-4-8-14/h5-6,9-10,14H,1-4,7-8,11-13,18H2,(H,19,20). The molecule has 1 fully saturated rings. The molecule has 0 spiro atoms. The molecule has 3 N–H and O–H groups in total. The molecular weight excluding hydrogens is 248 g/mol. The minimum Gasteiger partial charge on any atom is -0.352 e. The molecule has 1 aromatic carbocycles. The van der Waals surface area contributed by atoms with Gasteiger partial charge in [-0.1, -0.05) is 49.9 Å². The summed E-state index contributed by atoms with van der Waals surface area (Å²) in [7, 11) is 0. The van der Waals surface area contributed by atoms with E-state index in [1.54, 1.807) is 0 Å². The summed E-state index contributed by atoms with van der Waals surface area (Å²) in [5.41, 5.74) is 7.95. The van der Waals surface area contributed by atoms with E-state index in [9.17, 15) is 4.79 Å². The fraction of sp³-hybridized carbons (Fsp3) is 0.588. The van der Waals surface area contributed by atoms with E-state index < -0.39 is 0 Å². The molecule has 1 aliphatic rings. The monoisotopic (exact) mass is 274 g/mol. The lowest BCUT2D eigenvalue weighted by Crippen LogP contribution is -2.25. The number of carbonyl (C=O) groups excluding carboxylic acids is 1. The second-order valence-electron chi connectivity index (χ2n) is 5.81. The van der Waals surface area contributed by atoms with Crippen molar-refractivity contribution in [2.75, 3.05) is 0 Å². The third-order valence-corrected chi connectivity index (χ3v) is 4.26. The minimum absolute atomic E-state index is 0.184. The Labute approximate surface area is 121 Å². The van der Waals surface area contributed by atoms with Crippen LogP contribution in [0.4, 0.5) is 0 Å². The van der Waals surface area contributed by atoms with Crippen molar-refractivity contribution in [1.29, 1.82) is 0 Å². The zero-order chi connectivity index (χ0) is 14.2. The maximum Gasteiger partial charge on any atom is 0.220 e. The quantitative estimate of drug-likeness (QED) is 0.811. The van der Waals surface area contributed by atoms with E-state index >= 15 is 0 Å². The molecule has 0 aromatic heterocycles. The molecule has 0 atom stereocenters. The first-order chi connectivity index (χ1) is 9.79. The Morgan fingerprint density at radius 3 is 2.40 bits per heavy atom. The average molecular weight is 274 g/mol. The zero-order valence-corrected chi connectivity index (χ0v) is 12.2. The van der Waals surface area contributed by atoms with Crippen LogP contribution in [0.1, 0.15) is 56.1 Å². The van der Waals surface area contributed by atoms with E-state index in [4.69, 9.17) is 5.73 Å². The molecule has 20 heavy (non-hydrogen) atoms. The first-order valence-electron chi connectivity index (χ1n) is 7.83. The average Bonchev–Trinajstić information content (AvgIpc) is 2.74. The largest absolute Gasteiger partial charge is 0.352 e. The van der Waals surface area contributed by atoms with Crippen molar-refractivity contribution in [3.05, 3.63) is 35.4 Å². The van der Waals surface area contributed by atoms with Gasteiger partial charge in [0.15, 0.2) is 0 Å². The molecule has 0 unspecified atom stereocenters. The van der Waals surface area contributed by atoms with E-state index in [1.807, 2.05) is 24.3 Å².